The van der Waals surface area contributed by atoms with Crippen molar-refractivity contribution in [3.05, 3.63) is 39.9 Å². The highest BCUT2D eigenvalue weighted by molar-refractivity contribution is 5.95. The van der Waals surface area contributed by atoms with Crippen molar-refractivity contribution in [2.24, 2.45) is 0 Å². The average molecular weight is 321 g/mol. The molecule has 0 bridgehead atoms. The van der Waals surface area contributed by atoms with Gasteiger partial charge >= 0.3 is 6.18 Å². The van der Waals surface area contributed by atoms with E-state index in [0.717, 1.165) is 24.3 Å². The van der Waals surface area contributed by atoms with Gasteiger partial charge in [-0.15, -0.1) is 0 Å². The van der Waals surface area contributed by atoms with Gasteiger partial charge in [0.1, 0.15) is 13.2 Å². The number of nitrogens with zero attached hydrogens (tertiary/aromatic N) is 1. The maximum Gasteiger partial charge on any atom is 0.411 e. The van der Waals surface area contributed by atoms with Gasteiger partial charge in [0.2, 0.25) is 0 Å². The van der Waals surface area contributed by atoms with E-state index in [9.17, 15) is 32.9 Å². The minimum absolute atomic E-state index is 0.0158. The first kappa shape index (κ1) is 17.4. The molecule has 0 saturated heterocycles. The monoisotopic (exact) mass is 321 g/mol. The Morgan fingerprint density at radius 3 is 2.27 bits per heavy atom. The van der Waals surface area contributed by atoms with Crippen LogP contribution >= 0.6 is 0 Å². The van der Waals surface area contributed by atoms with E-state index in [0.29, 0.717) is 0 Å². The molecule has 8 nitrogen and oxygen atoms in total. The molecule has 120 valence electrons. The molecular formula is C11H10F3N3O5. The zero-order valence-electron chi connectivity index (χ0n) is 10.8. The highest BCUT2D eigenvalue weighted by Crippen LogP contribution is 2.14. The lowest BCUT2D eigenvalue weighted by atomic mass is 10.2. The van der Waals surface area contributed by atoms with Crippen LogP contribution in [0.4, 0.5) is 18.9 Å². The molecule has 0 aromatic heterocycles. The first-order valence-corrected chi connectivity index (χ1v) is 5.67. The Morgan fingerprint density at radius 2 is 1.77 bits per heavy atom. The smallest absolute Gasteiger partial charge is 0.362 e. The van der Waals surface area contributed by atoms with E-state index in [1.54, 1.807) is 0 Å². The minimum atomic E-state index is -4.55. The predicted molar refractivity (Wildman–Crippen MR) is 65.6 cm³/mol. The topological polar surface area (TPSA) is 111 Å². The molecule has 0 fully saturated rings. The van der Waals surface area contributed by atoms with E-state index in [4.69, 9.17) is 0 Å². The second-order valence-electron chi connectivity index (χ2n) is 3.91. The highest BCUT2D eigenvalue weighted by Gasteiger charge is 2.27. The van der Waals surface area contributed by atoms with Gasteiger partial charge in [-0.3, -0.25) is 30.6 Å². The van der Waals surface area contributed by atoms with Gasteiger partial charge in [0.15, 0.2) is 0 Å². The summed E-state index contributed by atoms with van der Waals surface area (Å²) < 4.78 is 39.3. The molecule has 0 aliphatic heterocycles. The van der Waals surface area contributed by atoms with Crippen molar-refractivity contribution in [3.8, 4) is 0 Å². The van der Waals surface area contributed by atoms with Crippen LogP contribution in [0.5, 0.6) is 0 Å². The normalized spacial score (nSPS) is 10.9. The Balaban J connectivity index is 2.39. The number of nitro benzene ring substituents is 1. The van der Waals surface area contributed by atoms with Crippen LogP contribution in [0.1, 0.15) is 10.4 Å². The maximum atomic E-state index is 11.8. The fourth-order valence-electron chi connectivity index (χ4n) is 1.23. The van der Waals surface area contributed by atoms with Crippen molar-refractivity contribution in [3.63, 3.8) is 0 Å². The molecule has 2 N–H and O–H groups in total. The van der Waals surface area contributed by atoms with Gasteiger partial charge in [-0.2, -0.15) is 13.2 Å². The van der Waals surface area contributed by atoms with Gasteiger partial charge in [-0.1, -0.05) is 0 Å². The summed E-state index contributed by atoms with van der Waals surface area (Å²) in [5.74, 6) is -1.78. The Hall–Kier alpha value is -2.69. The second kappa shape index (κ2) is 7.36. The standard InChI is InChI=1S/C11H10F3N3O5/c12-11(13,14)6-22-5-9(18)15-16-10(19)7-1-3-8(4-2-7)17(20)21/h1-4H,5-6H2,(H,15,18)(H,16,19). The van der Waals surface area contributed by atoms with E-state index in [1.165, 1.54) is 0 Å². The molecule has 1 aromatic carbocycles. The number of hydrazine groups is 1. The number of ether oxygens (including phenoxy) is 1. The molecular weight excluding hydrogens is 311 g/mol. The van der Waals surface area contributed by atoms with E-state index in [-0.39, 0.29) is 11.3 Å². The fourth-order valence-corrected chi connectivity index (χ4v) is 1.23. The molecule has 0 aliphatic rings. The van der Waals surface area contributed by atoms with Crippen molar-refractivity contribution < 1.29 is 32.4 Å². The van der Waals surface area contributed by atoms with Gasteiger partial charge in [0.05, 0.1) is 4.92 Å². The number of carbonyl (C=O) groups is 2. The summed E-state index contributed by atoms with van der Waals surface area (Å²) in [5.41, 5.74) is 3.56. The fraction of sp³-hybridized carbons (Fsp3) is 0.273. The summed E-state index contributed by atoms with van der Waals surface area (Å²) >= 11 is 0. The third-order valence-electron chi connectivity index (χ3n) is 2.15. The van der Waals surface area contributed by atoms with Gasteiger partial charge < -0.3 is 4.74 Å². The first-order chi connectivity index (χ1) is 10.2. The van der Waals surface area contributed by atoms with Crippen LogP contribution in [-0.4, -0.2) is 36.1 Å². The van der Waals surface area contributed by atoms with Crippen LogP contribution in [-0.2, 0) is 9.53 Å². The van der Waals surface area contributed by atoms with Gasteiger partial charge in [0.25, 0.3) is 17.5 Å². The number of nitrogens with one attached hydrogen (secondary N) is 2. The van der Waals surface area contributed by atoms with Crippen molar-refractivity contribution in [1.82, 2.24) is 10.9 Å². The number of amides is 2. The van der Waals surface area contributed by atoms with Crippen molar-refractivity contribution >= 4 is 17.5 Å². The number of halogens is 3. The van der Waals surface area contributed by atoms with E-state index in [1.807, 2.05) is 10.9 Å². The molecule has 2 amide bonds. The van der Waals surface area contributed by atoms with Gasteiger partial charge in [-0.25, -0.2) is 0 Å². The first-order valence-electron chi connectivity index (χ1n) is 5.67. The Morgan fingerprint density at radius 1 is 1.18 bits per heavy atom. The SMILES string of the molecule is O=C(COCC(F)(F)F)NNC(=O)c1ccc([N+](=O)[O-])cc1. The van der Waals surface area contributed by atoms with Crippen LogP contribution in [0.15, 0.2) is 24.3 Å². The maximum absolute atomic E-state index is 11.8. The molecule has 1 rings (SSSR count). The van der Waals surface area contributed by atoms with Crippen LogP contribution < -0.4 is 10.9 Å². The van der Waals surface area contributed by atoms with E-state index in [2.05, 4.69) is 4.74 Å². The minimum Gasteiger partial charge on any atom is -0.362 e. The summed E-state index contributed by atoms with van der Waals surface area (Å²) in [7, 11) is 0. The summed E-state index contributed by atoms with van der Waals surface area (Å²) in [6.45, 7) is -2.48. The van der Waals surface area contributed by atoms with E-state index < -0.39 is 36.1 Å². The quantitative estimate of drug-likeness (QED) is 0.619. The Kier molecular flexibility index (Phi) is 5.81. The largest absolute Gasteiger partial charge is 0.411 e. The Labute approximate surface area is 121 Å². The zero-order valence-corrected chi connectivity index (χ0v) is 10.8. The third-order valence-corrected chi connectivity index (χ3v) is 2.15. The lowest BCUT2D eigenvalue weighted by molar-refractivity contribution is -0.384. The predicted octanol–water partition coefficient (Wildman–Crippen LogP) is 0.935. The summed E-state index contributed by atoms with van der Waals surface area (Å²) in [6, 6.07) is 4.48. The number of benzene rings is 1. The summed E-state index contributed by atoms with van der Waals surface area (Å²) in [6.07, 6.45) is -4.55. The van der Waals surface area contributed by atoms with Crippen LogP contribution in [0.3, 0.4) is 0 Å². The number of alkyl halides is 3. The molecule has 0 unspecified atom stereocenters. The second-order valence-corrected chi connectivity index (χ2v) is 3.91. The number of hydrogen-bond donors (Lipinski definition) is 2. The lowest BCUT2D eigenvalue weighted by Gasteiger charge is -2.09. The summed E-state index contributed by atoms with van der Waals surface area (Å²) in [5, 5.41) is 10.4. The molecule has 0 atom stereocenters. The molecule has 1 aromatic rings. The number of hydrogen-bond acceptors (Lipinski definition) is 5. The Bertz CT molecular complexity index is 559. The van der Waals surface area contributed by atoms with E-state index >= 15 is 0 Å². The van der Waals surface area contributed by atoms with Crippen LogP contribution in [0.2, 0.25) is 0 Å². The molecule has 0 radical (unpaired) electrons. The van der Waals surface area contributed by atoms with Crippen molar-refractivity contribution in [1.29, 1.82) is 0 Å². The number of rotatable bonds is 5. The van der Waals surface area contributed by atoms with Crippen LogP contribution in [0.25, 0.3) is 0 Å². The molecule has 0 spiro atoms. The van der Waals surface area contributed by atoms with Gasteiger partial charge in [-0.05, 0) is 12.1 Å². The summed E-state index contributed by atoms with van der Waals surface area (Å²) in [4.78, 5) is 32.4. The average Bonchev–Trinajstić information content (AvgIpc) is 2.43. The molecule has 0 saturated carbocycles. The highest BCUT2D eigenvalue weighted by atomic mass is 19.4. The third kappa shape index (κ3) is 6.17. The van der Waals surface area contributed by atoms with Crippen molar-refractivity contribution in [2.45, 2.75) is 6.18 Å². The number of non-ortho nitro benzene ring substituents is 1. The molecule has 0 aliphatic carbocycles. The van der Waals surface area contributed by atoms with Crippen LogP contribution in [0, 0.1) is 10.1 Å². The zero-order chi connectivity index (χ0) is 16.8. The molecule has 11 heteroatoms. The van der Waals surface area contributed by atoms with Crippen molar-refractivity contribution in [2.75, 3.05) is 13.2 Å². The number of carbonyl (C=O) groups excluding carboxylic acids is 2. The number of nitro groups is 1. The molecule has 0 heterocycles. The molecule has 22 heavy (non-hydrogen) atoms. The van der Waals surface area contributed by atoms with Gasteiger partial charge in [0, 0.05) is 17.7 Å². The lowest BCUT2D eigenvalue weighted by Crippen LogP contribution is -2.43.